The Bertz CT molecular complexity index is 1010. The van der Waals surface area contributed by atoms with Crippen molar-refractivity contribution in [1.82, 2.24) is 9.55 Å². The van der Waals surface area contributed by atoms with Crippen LogP contribution >= 0.6 is 23.4 Å². The largest absolute Gasteiger partial charge is 0.323 e. The minimum Gasteiger partial charge on any atom is -0.323 e. The molecule has 0 atom stereocenters. The van der Waals surface area contributed by atoms with Gasteiger partial charge in [0.25, 0.3) is 0 Å². The number of rotatable bonds is 5. The molecule has 2 aromatic carbocycles. The summed E-state index contributed by atoms with van der Waals surface area (Å²) in [5, 5.41) is 3.35. The van der Waals surface area contributed by atoms with E-state index in [0.717, 1.165) is 35.1 Å². The first-order valence-corrected chi connectivity index (χ1v) is 9.10. The molecule has 1 heterocycles. The molecule has 0 fully saturated rings. The Hall–Kier alpha value is -2.45. The Kier molecular flexibility index (Phi) is 5.76. The van der Waals surface area contributed by atoms with Crippen molar-refractivity contribution in [3.8, 4) is 5.69 Å². The number of thioether (sulfide) groups is 1. The van der Waals surface area contributed by atoms with Crippen molar-refractivity contribution >= 4 is 35.0 Å². The van der Waals surface area contributed by atoms with Gasteiger partial charge < -0.3 is 5.32 Å². The summed E-state index contributed by atoms with van der Waals surface area (Å²) in [4.78, 5) is 16.3. The van der Waals surface area contributed by atoms with Crippen molar-refractivity contribution in [2.45, 2.75) is 12.1 Å². The molecule has 140 valence electrons. The lowest BCUT2D eigenvalue weighted by Crippen LogP contribution is -2.16. The molecule has 3 rings (SSSR count). The standard InChI is InChI=1S/C18H13ClF3N3OS/c1-10-11(19)3-2-4-14(10)25-8-7-23-18(25)27-9-15(26)24-13-6-5-12(20)16(21)17(13)22/h2-8H,9H2,1H3,(H,24,26). The third-order valence-electron chi connectivity index (χ3n) is 3.75. The molecule has 0 saturated heterocycles. The monoisotopic (exact) mass is 411 g/mol. The lowest BCUT2D eigenvalue weighted by Gasteiger charge is -2.11. The summed E-state index contributed by atoms with van der Waals surface area (Å²) in [6.45, 7) is 1.87. The summed E-state index contributed by atoms with van der Waals surface area (Å²) < 4.78 is 41.6. The van der Waals surface area contributed by atoms with Gasteiger partial charge in [0.05, 0.1) is 17.1 Å². The van der Waals surface area contributed by atoms with Crippen LogP contribution in [0.3, 0.4) is 0 Å². The average molecular weight is 412 g/mol. The lowest BCUT2D eigenvalue weighted by atomic mass is 10.2. The van der Waals surface area contributed by atoms with Gasteiger partial charge in [-0.25, -0.2) is 18.2 Å². The zero-order valence-corrected chi connectivity index (χ0v) is 15.5. The minimum absolute atomic E-state index is 0.102. The van der Waals surface area contributed by atoms with Crippen LogP contribution in [0, 0.1) is 24.4 Å². The number of halogens is 4. The molecular formula is C18H13ClF3N3OS. The van der Waals surface area contributed by atoms with Gasteiger partial charge in [-0.15, -0.1) is 0 Å². The molecule has 27 heavy (non-hydrogen) atoms. The molecule has 0 aliphatic heterocycles. The van der Waals surface area contributed by atoms with Gasteiger partial charge in [0.2, 0.25) is 5.91 Å². The highest BCUT2D eigenvalue weighted by molar-refractivity contribution is 7.99. The summed E-state index contributed by atoms with van der Waals surface area (Å²) in [5.74, 6) is -5.08. The number of nitrogens with zero attached hydrogens (tertiary/aromatic N) is 2. The van der Waals surface area contributed by atoms with Crippen LogP contribution in [-0.2, 0) is 4.79 Å². The smallest absolute Gasteiger partial charge is 0.234 e. The van der Waals surface area contributed by atoms with Crippen LogP contribution in [0.2, 0.25) is 5.02 Å². The third kappa shape index (κ3) is 4.12. The molecule has 1 amide bonds. The Morgan fingerprint density at radius 2 is 2.00 bits per heavy atom. The number of carbonyl (C=O) groups excluding carboxylic acids is 1. The van der Waals surface area contributed by atoms with Crippen LogP contribution in [0.4, 0.5) is 18.9 Å². The number of aromatic nitrogens is 2. The molecule has 4 nitrogen and oxygen atoms in total. The van der Waals surface area contributed by atoms with Gasteiger partial charge in [0.1, 0.15) is 0 Å². The van der Waals surface area contributed by atoms with E-state index in [1.54, 1.807) is 29.1 Å². The van der Waals surface area contributed by atoms with E-state index in [4.69, 9.17) is 11.6 Å². The van der Waals surface area contributed by atoms with Gasteiger partial charge in [-0.2, -0.15) is 0 Å². The van der Waals surface area contributed by atoms with Crippen LogP contribution in [-0.4, -0.2) is 21.2 Å². The van der Waals surface area contributed by atoms with Gasteiger partial charge in [-0.1, -0.05) is 29.4 Å². The first-order chi connectivity index (χ1) is 12.9. The van der Waals surface area contributed by atoms with Crippen molar-refractivity contribution in [2.24, 2.45) is 0 Å². The summed E-state index contributed by atoms with van der Waals surface area (Å²) >= 11 is 7.25. The first kappa shape index (κ1) is 19.3. The summed E-state index contributed by atoms with van der Waals surface area (Å²) in [6, 6.07) is 7.15. The number of imidazole rings is 1. The summed E-state index contributed by atoms with van der Waals surface area (Å²) in [5.41, 5.74) is 1.25. The Morgan fingerprint density at radius 1 is 1.22 bits per heavy atom. The van der Waals surface area contributed by atoms with Crippen molar-refractivity contribution in [2.75, 3.05) is 11.1 Å². The van der Waals surface area contributed by atoms with Crippen LogP contribution in [0.15, 0.2) is 47.9 Å². The van der Waals surface area contributed by atoms with Gasteiger partial charge >= 0.3 is 0 Å². The minimum atomic E-state index is -1.63. The number of nitrogens with one attached hydrogen (secondary N) is 1. The maximum atomic E-state index is 13.6. The molecule has 0 unspecified atom stereocenters. The Morgan fingerprint density at radius 3 is 2.78 bits per heavy atom. The summed E-state index contributed by atoms with van der Waals surface area (Å²) in [6.07, 6.45) is 3.31. The molecule has 0 aliphatic rings. The van der Waals surface area contributed by atoms with E-state index in [1.807, 2.05) is 13.0 Å². The maximum Gasteiger partial charge on any atom is 0.234 e. The number of hydrogen-bond donors (Lipinski definition) is 1. The highest BCUT2D eigenvalue weighted by atomic mass is 35.5. The van der Waals surface area contributed by atoms with E-state index in [0.29, 0.717) is 10.2 Å². The Balaban J connectivity index is 1.71. The first-order valence-electron chi connectivity index (χ1n) is 7.73. The fourth-order valence-corrected chi connectivity index (χ4v) is 3.31. The molecule has 1 aromatic heterocycles. The third-order valence-corrected chi connectivity index (χ3v) is 5.12. The van der Waals surface area contributed by atoms with Gasteiger partial charge in [-0.05, 0) is 36.8 Å². The Labute approximate surface area is 162 Å². The molecule has 0 radical (unpaired) electrons. The molecule has 9 heteroatoms. The van der Waals surface area contributed by atoms with E-state index in [2.05, 4.69) is 10.3 Å². The second-order valence-electron chi connectivity index (χ2n) is 5.52. The van der Waals surface area contributed by atoms with Crippen LogP contribution < -0.4 is 5.32 Å². The van der Waals surface area contributed by atoms with Crippen molar-refractivity contribution in [3.63, 3.8) is 0 Å². The zero-order valence-electron chi connectivity index (χ0n) is 14.0. The van der Waals surface area contributed by atoms with E-state index < -0.39 is 29.0 Å². The van der Waals surface area contributed by atoms with E-state index in [1.165, 1.54) is 0 Å². The SMILES string of the molecule is Cc1c(Cl)cccc1-n1ccnc1SCC(=O)Nc1ccc(F)c(F)c1F. The normalized spacial score (nSPS) is 10.9. The van der Waals surface area contributed by atoms with Crippen molar-refractivity contribution < 1.29 is 18.0 Å². The molecule has 0 aliphatic carbocycles. The number of anilines is 1. The number of amides is 1. The average Bonchev–Trinajstić information content (AvgIpc) is 3.11. The number of benzene rings is 2. The number of carbonyl (C=O) groups is 1. The maximum absolute atomic E-state index is 13.6. The fourth-order valence-electron chi connectivity index (χ4n) is 2.38. The number of hydrogen-bond acceptors (Lipinski definition) is 3. The molecule has 1 N–H and O–H groups in total. The topological polar surface area (TPSA) is 46.9 Å². The van der Waals surface area contributed by atoms with Crippen LogP contribution in [0.1, 0.15) is 5.56 Å². The van der Waals surface area contributed by atoms with Crippen LogP contribution in [0.5, 0.6) is 0 Å². The van der Waals surface area contributed by atoms with E-state index in [9.17, 15) is 18.0 Å². The zero-order chi connectivity index (χ0) is 19.6. The lowest BCUT2D eigenvalue weighted by molar-refractivity contribution is -0.113. The molecular weight excluding hydrogens is 399 g/mol. The second kappa shape index (κ2) is 8.06. The van der Waals surface area contributed by atoms with E-state index >= 15 is 0 Å². The van der Waals surface area contributed by atoms with Gasteiger partial charge in [0.15, 0.2) is 22.6 Å². The second-order valence-corrected chi connectivity index (χ2v) is 6.87. The molecule has 0 spiro atoms. The predicted octanol–water partition coefficient (Wildman–Crippen LogP) is 4.98. The van der Waals surface area contributed by atoms with Crippen LogP contribution in [0.25, 0.3) is 5.69 Å². The fraction of sp³-hybridized carbons (Fsp3) is 0.111. The van der Waals surface area contributed by atoms with Gasteiger partial charge in [0, 0.05) is 17.4 Å². The highest BCUT2D eigenvalue weighted by Gasteiger charge is 2.16. The van der Waals surface area contributed by atoms with Crippen molar-refractivity contribution in [3.05, 3.63) is 70.8 Å². The quantitative estimate of drug-likeness (QED) is 0.475. The molecule has 3 aromatic rings. The van der Waals surface area contributed by atoms with Crippen molar-refractivity contribution in [1.29, 1.82) is 0 Å². The molecule has 0 saturated carbocycles. The summed E-state index contributed by atoms with van der Waals surface area (Å²) in [7, 11) is 0. The predicted molar refractivity (Wildman–Crippen MR) is 99.0 cm³/mol. The molecule has 0 bridgehead atoms. The van der Waals surface area contributed by atoms with Gasteiger partial charge in [-0.3, -0.25) is 9.36 Å². The van der Waals surface area contributed by atoms with E-state index in [-0.39, 0.29) is 5.75 Å². The highest BCUT2D eigenvalue weighted by Crippen LogP contribution is 2.27.